The van der Waals surface area contributed by atoms with Gasteiger partial charge in [0.25, 0.3) is 0 Å². The fraction of sp³-hybridized carbons (Fsp3) is 0.769. The van der Waals surface area contributed by atoms with Gasteiger partial charge in [-0.1, -0.05) is 13.0 Å². The van der Waals surface area contributed by atoms with Crippen molar-refractivity contribution in [3.05, 3.63) is 12.7 Å². The topological polar surface area (TPSA) is 52.6 Å². The Morgan fingerprint density at radius 2 is 2.39 bits per heavy atom. The number of urea groups is 1. The van der Waals surface area contributed by atoms with E-state index in [1.165, 1.54) is 6.42 Å². The van der Waals surface area contributed by atoms with Gasteiger partial charge in [0.05, 0.1) is 6.61 Å². The number of carbonyl (C=O) groups excluding carboxylic acids is 1. The first-order valence-electron chi connectivity index (χ1n) is 6.60. The summed E-state index contributed by atoms with van der Waals surface area (Å²) in [5.41, 5.74) is 0. The number of aliphatic hydroxyl groups excluding tert-OH is 1. The quantitative estimate of drug-likeness (QED) is 0.695. The van der Waals surface area contributed by atoms with Gasteiger partial charge in [-0.05, 0) is 25.0 Å². The second-order valence-corrected chi connectivity index (χ2v) is 6.07. The Balaban J connectivity index is 2.36. The lowest BCUT2D eigenvalue weighted by Crippen LogP contribution is -2.45. The molecule has 2 N–H and O–H groups in total. The minimum atomic E-state index is -0.0869. The molecular formula is C13H24N2O2S. The molecule has 0 spiro atoms. The normalized spacial score (nSPS) is 22.8. The van der Waals surface area contributed by atoms with E-state index in [-0.39, 0.29) is 18.7 Å². The molecule has 5 heteroatoms. The zero-order valence-corrected chi connectivity index (χ0v) is 11.9. The van der Waals surface area contributed by atoms with E-state index >= 15 is 0 Å². The molecule has 2 unspecified atom stereocenters. The van der Waals surface area contributed by atoms with Crippen LogP contribution in [0, 0.1) is 0 Å². The van der Waals surface area contributed by atoms with Crippen molar-refractivity contribution < 1.29 is 9.90 Å². The van der Waals surface area contributed by atoms with Gasteiger partial charge in [0.15, 0.2) is 0 Å². The number of nitrogens with one attached hydrogen (secondary N) is 1. The van der Waals surface area contributed by atoms with Crippen LogP contribution in [0.3, 0.4) is 0 Å². The van der Waals surface area contributed by atoms with Crippen LogP contribution < -0.4 is 5.32 Å². The summed E-state index contributed by atoms with van der Waals surface area (Å²) >= 11 is 1.98. The molecule has 1 aliphatic carbocycles. The summed E-state index contributed by atoms with van der Waals surface area (Å²) in [5, 5.41) is 12.7. The summed E-state index contributed by atoms with van der Waals surface area (Å²) < 4.78 is 0. The Labute approximate surface area is 114 Å². The maximum atomic E-state index is 12.0. The van der Waals surface area contributed by atoms with Gasteiger partial charge in [0.1, 0.15) is 0 Å². The lowest BCUT2D eigenvalue weighted by molar-refractivity contribution is 0.180. The summed E-state index contributed by atoms with van der Waals surface area (Å²) in [5.74, 6) is 1.14. The van der Waals surface area contributed by atoms with E-state index in [9.17, 15) is 4.79 Å². The van der Waals surface area contributed by atoms with Crippen LogP contribution in [-0.2, 0) is 0 Å². The molecule has 0 aromatic rings. The summed E-state index contributed by atoms with van der Waals surface area (Å²) in [4.78, 5) is 13.6. The van der Waals surface area contributed by atoms with Crippen molar-refractivity contribution in [3.8, 4) is 0 Å². The fourth-order valence-electron chi connectivity index (χ4n) is 2.28. The van der Waals surface area contributed by atoms with Crippen LogP contribution in [-0.4, -0.2) is 52.8 Å². The zero-order valence-electron chi connectivity index (χ0n) is 11.1. The summed E-state index contributed by atoms with van der Waals surface area (Å²) in [6.07, 6.45) is 4.99. The standard InChI is InChI=1S/C13H24N2O2S/c1-3-7-15(8-9-16)13(17)14-11-5-6-12(10-11)18-4-2/h3,11-12,16H,1,4-10H2,2H3,(H,14,17). The predicted octanol–water partition coefficient (Wildman–Crippen LogP) is 1.85. The molecule has 1 saturated carbocycles. The van der Waals surface area contributed by atoms with E-state index in [0.717, 1.165) is 18.6 Å². The van der Waals surface area contributed by atoms with Crippen molar-refractivity contribution in [1.82, 2.24) is 10.2 Å². The molecule has 0 heterocycles. The number of amides is 2. The highest BCUT2D eigenvalue weighted by Crippen LogP contribution is 2.29. The van der Waals surface area contributed by atoms with E-state index in [4.69, 9.17) is 5.11 Å². The average Bonchev–Trinajstić information content (AvgIpc) is 2.77. The third-order valence-electron chi connectivity index (χ3n) is 3.12. The molecule has 0 radical (unpaired) electrons. The van der Waals surface area contributed by atoms with Gasteiger partial charge in [-0.3, -0.25) is 0 Å². The number of carbonyl (C=O) groups is 1. The summed E-state index contributed by atoms with van der Waals surface area (Å²) in [7, 11) is 0. The van der Waals surface area contributed by atoms with Crippen LogP contribution in [0.4, 0.5) is 4.79 Å². The van der Waals surface area contributed by atoms with Crippen LogP contribution in [0.15, 0.2) is 12.7 Å². The van der Waals surface area contributed by atoms with E-state index in [1.54, 1.807) is 11.0 Å². The van der Waals surface area contributed by atoms with E-state index < -0.39 is 0 Å². The van der Waals surface area contributed by atoms with Crippen molar-refractivity contribution >= 4 is 17.8 Å². The largest absolute Gasteiger partial charge is 0.395 e. The van der Waals surface area contributed by atoms with E-state index in [2.05, 4.69) is 18.8 Å². The van der Waals surface area contributed by atoms with Gasteiger partial charge in [-0.15, -0.1) is 6.58 Å². The van der Waals surface area contributed by atoms with Crippen molar-refractivity contribution in [1.29, 1.82) is 0 Å². The van der Waals surface area contributed by atoms with Gasteiger partial charge < -0.3 is 15.3 Å². The number of hydrogen-bond acceptors (Lipinski definition) is 3. The molecule has 104 valence electrons. The highest BCUT2D eigenvalue weighted by Gasteiger charge is 2.26. The van der Waals surface area contributed by atoms with Crippen LogP contribution in [0.1, 0.15) is 26.2 Å². The minimum absolute atomic E-state index is 0.0137. The number of thioether (sulfide) groups is 1. The van der Waals surface area contributed by atoms with Gasteiger partial charge in [0, 0.05) is 24.4 Å². The Hall–Kier alpha value is -0.680. The molecule has 1 fully saturated rings. The maximum Gasteiger partial charge on any atom is 0.317 e. The molecule has 0 aliphatic heterocycles. The van der Waals surface area contributed by atoms with Gasteiger partial charge in [-0.2, -0.15) is 11.8 Å². The second-order valence-electron chi connectivity index (χ2n) is 4.50. The molecule has 0 saturated heterocycles. The first-order chi connectivity index (χ1) is 8.71. The second kappa shape index (κ2) is 8.43. The van der Waals surface area contributed by atoms with Crippen molar-refractivity contribution in [2.24, 2.45) is 0 Å². The monoisotopic (exact) mass is 272 g/mol. The Bertz CT molecular complexity index is 274. The molecule has 18 heavy (non-hydrogen) atoms. The molecule has 4 nitrogen and oxygen atoms in total. The lowest BCUT2D eigenvalue weighted by Gasteiger charge is -2.23. The summed E-state index contributed by atoms with van der Waals surface area (Å²) in [6.45, 7) is 6.62. The van der Waals surface area contributed by atoms with E-state index in [0.29, 0.717) is 18.3 Å². The lowest BCUT2D eigenvalue weighted by atomic mass is 10.2. The highest BCUT2D eigenvalue weighted by molar-refractivity contribution is 7.99. The molecular weight excluding hydrogens is 248 g/mol. The molecule has 1 rings (SSSR count). The summed E-state index contributed by atoms with van der Waals surface area (Å²) in [6, 6.07) is 0.198. The third-order valence-corrected chi connectivity index (χ3v) is 4.35. The number of aliphatic hydroxyl groups is 1. The SMILES string of the molecule is C=CCN(CCO)C(=O)NC1CCC(SCC)C1. The fourth-order valence-corrected chi connectivity index (χ4v) is 3.42. The van der Waals surface area contributed by atoms with Crippen LogP contribution in [0.5, 0.6) is 0 Å². The number of nitrogens with zero attached hydrogens (tertiary/aromatic N) is 1. The minimum Gasteiger partial charge on any atom is -0.395 e. The van der Waals surface area contributed by atoms with Crippen LogP contribution in [0.25, 0.3) is 0 Å². The molecule has 0 aromatic heterocycles. The van der Waals surface area contributed by atoms with Crippen molar-refractivity contribution in [2.75, 3.05) is 25.4 Å². The van der Waals surface area contributed by atoms with Gasteiger partial charge in [-0.25, -0.2) is 4.79 Å². The third kappa shape index (κ3) is 4.90. The Morgan fingerprint density at radius 1 is 1.61 bits per heavy atom. The average molecular weight is 272 g/mol. The van der Waals surface area contributed by atoms with E-state index in [1.807, 2.05) is 11.8 Å². The van der Waals surface area contributed by atoms with Crippen molar-refractivity contribution in [3.63, 3.8) is 0 Å². The van der Waals surface area contributed by atoms with Gasteiger partial charge in [0.2, 0.25) is 0 Å². The van der Waals surface area contributed by atoms with Gasteiger partial charge >= 0.3 is 6.03 Å². The smallest absolute Gasteiger partial charge is 0.317 e. The predicted molar refractivity (Wildman–Crippen MR) is 76.9 cm³/mol. The van der Waals surface area contributed by atoms with Crippen molar-refractivity contribution in [2.45, 2.75) is 37.5 Å². The zero-order chi connectivity index (χ0) is 13.4. The highest BCUT2D eigenvalue weighted by atomic mass is 32.2. The molecule has 2 atom stereocenters. The molecule has 1 aliphatic rings. The van der Waals surface area contributed by atoms with Crippen LogP contribution >= 0.6 is 11.8 Å². The maximum absolute atomic E-state index is 12.0. The number of rotatable bonds is 7. The molecule has 0 aromatic carbocycles. The first kappa shape index (κ1) is 15.4. The molecule has 0 bridgehead atoms. The first-order valence-corrected chi connectivity index (χ1v) is 7.64. The van der Waals surface area contributed by atoms with Crippen LogP contribution in [0.2, 0.25) is 0 Å². The molecule has 2 amide bonds. The Kier molecular flexibility index (Phi) is 7.20. The number of hydrogen-bond donors (Lipinski definition) is 2. The Morgan fingerprint density at radius 3 is 3.00 bits per heavy atom.